The summed E-state index contributed by atoms with van der Waals surface area (Å²) in [5.41, 5.74) is 8.78. The number of nitriles is 1. The molecule has 5 nitrogen and oxygen atoms in total. The van der Waals surface area contributed by atoms with Gasteiger partial charge >= 0.3 is 0 Å². The van der Waals surface area contributed by atoms with Crippen molar-refractivity contribution in [2.24, 2.45) is 16.6 Å². The molecule has 2 aromatic rings. The molecule has 0 saturated carbocycles. The first-order chi connectivity index (χ1) is 12.4. The molecule has 0 aliphatic carbocycles. The van der Waals surface area contributed by atoms with Gasteiger partial charge in [0.1, 0.15) is 0 Å². The Morgan fingerprint density at radius 1 is 1.23 bits per heavy atom. The second kappa shape index (κ2) is 6.64. The minimum Gasteiger partial charge on any atom is -0.369 e. The standard InChI is InChI=1S/C21H22N4O/c1-4-18-19(26)25(3)20(23)24-21(18,2)17-10-6-9-16(12-17)15-8-5-7-14(11-15)13-22/h5-12,18H,4H2,1-3H3,(H2,23,24)/t18-,21-/m1/s1. The van der Waals surface area contributed by atoms with Crippen LogP contribution in [0.3, 0.4) is 0 Å². The Hall–Kier alpha value is -3.13. The second-order valence-corrected chi connectivity index (χ2v) is 6.75. The van der Waals surface area contributed by atoms with Gasteiger partial charge in [0.05, 0.1) is 23.1 Å². The van der Waals surface area contributed by atoms with Gasteiger partial charge in [0.15, 0.2) is 5.96 Å². The van der Waals surface area contributed by atoms with Crippen LogP contribution in [0.2, 0.25) is 0 Å². The summed E-state index contributed by atoms with van der Waals surface area (Å²) >= 11 is 0. The number of rotatable bonds is 3. The molecule has 0 unspecified atom stereocenters. The summed E-state index contributed by atoms with van der Waals surface area (Å²) < 4.78 is 0. The molecule has 0 bridgehead atoms. The van der Waals surface area contributed by atoms with Gasteiger partial charge in [0.25, 0.3) is 0 Å². The van der Waals surface area contributed by atoms with E-state index in [0.717, 1.165) is 16.7 Å². The number of hydrogen-bond acceptors (Lipinski definition) is 4. The highest BCUT2D eigenvalue weighted by molar-refractivity contribution is 6.00. The summed E-state index contributed by atoms with van der Waals surface area (Å²) in [4.78, 5) is 18.8. The predicted molar refractivity (Wildman–Crippen MR) is 102 cm³/mol. The lowest BCUT2D eigenvalue weighted by atomic mass is 9.76. The lowest BCUT2D eigenvalue weighted by Gasteiger charge is -2.40. The van der Waals surface area contributed by atoms with Crippen molar-refractivity contribution in [2.45, 2.75) is 25.8 Å². The molecule has 0 fully saturated rings. The Morgan fingerprint density at radius 3 is 2.54 bits per heavy atom. The van der Waals surface area contributed by atoms with Crippen LogP contribution in [0.4, 0.5) is 0 Å². The smallest absolute Gasteiger partial charge is 0.234 e. The number of carbonyl (C=O) groups excluding carboxylic acids is 1. The van der Waals surface area contributed by atoms with E-state index in [2.05, 4.69) is 11.1 Å². The van der Waals surface area contributed by atoms with Crippen LogP contribution in [0, 0.1) is 17.2 Å². The van der Waals surface area contributed by atoms with Crippen LogP contribution in [0.5, 0.6) is 0 Å². The molecule has 2 N–H and O–H groups in total. The first kappa shape index (κ1) is 17.7. The summed E-state index contributed by atoms with van der Waals surface area (Å²) in [5, 5.41) is 9.13. The lowest BCUT2D eigenvalue weighted by Crippen LogP contribution is -2.53. The molecule has 1 heterocycles. The molecule has 5 heteroatoms. The minimum atomic E-state index is -0.717. The topological polar surface area (TPSA) is 82.5 Å². The highest BCUT2D eigenvalue weighted by atomic mass is 16.2. The van der Waals surface area contributed by atoms with Crippen molar-refractivity contribution >= 4 is 11.9 Å². The quantitative estimate of drug-likeness (QED) is 0.926. The van der Waals surface area contributed by atoms with Gasteiger partial charge in [-0.1, -0.05) is 37.3 Å². The average molecular weight is 346 g/mol. The molecular formula is C21H22N4O. The largest absolute Gasteiger partial charge is 0.369 e. The van der Waals surface area contributed by atoms with E-state index in [4.69, 9.17) is 11.0 Å². The highest BCUT2D eigenvalue weighted by Crippen LogP contribution is 2.40. The van der Waals surface area contributed by atoms with E-state index < -0.39 is 5.54 Å². The van der Waals surface area contributed by atoms with Crippen LogP contribution in [0.15, 0.2) is 53.5 Å². The number of aliphatic imine (C=N–C) groups is 1. The van der Waals surface area contributed by atoms with Crippen molar-refractivity contribution in [3.05, 3.63) is 59.7 Å². The van der Waals surface area contributed by atoms with Gasteiger partial charge in [0, 0.05) is 7.05 Å². The van der Waals surface area contributed by atoms with E-state index in [1.807, 2.05) is 56.3 Å². The molecule has 1 amide bonds. The minimum absolute atomic E-state index is 0.0145. The van der Waals surface area contributed by atoms with E-state index in [-0.39, 0.29) is 17.8 Å². The van der Waals surface area contributed by atoms with Crippen LogP contribution in [-0.2, 0) is 10.3 Å². The highest BCUT2D eigenvalue weighted by Gasteiger charge is 2.45. The number of carbonyl (C=O) groups is 1. The third-order valence-corrected chi connectivity index (χ3v) is 5.18. The average Bonchev–Trinajstić information content (AvgIpc) is 2.67. The van der Waals surface area contributed by atoms with Crippen molar-refractivity contribution in [3.8, 4) is 17.2 Å². The maximum atomic E-state index is 12.7. The Balaban J connectivity index is 2.12. The summed E-state index contributed by atoms with van der Waals surface area (Å²) in [6.07, 6.45) is 0.671. The molecule has 2 aromatic carbocycles. The maximum Gasteiger partial charge on any atom is 0.234 e. The van der Waals surface area contributed by atoms with Gasteiger partial charge in [-0.3, -0.25) is 9.69 Å². The van der Waals surface area contributed by atoms with Crippen molar-refractivity contribution < 1.29 is 4.79 Å². The molecule has 0 radical (unpaired) electrons. The van der Waals surface area contributed by atoms with Crippen LogP contribution in [0.1, 0.15) is 31.4 Å². The summed E-state index contributed by atoms with van der Waals surface area (Å²) in [5.74, 6) is -0.0565. The summed E-state index contributed by atoms with van der Waals surface area (Å²) in [6.45, 7) is 3.95. The summed E-state index contributed by atoms with van der Waals surface area (Å²) in [7, 11) is 1.66. The first-order valence-electron chi connectivity index (χ1n) is 8.64. The number of guanidine groups is 1. The van der Waals surface area contributed by atoms with E-state index in [1.54, 1.807) is 13.1 Å². The number of nitrogens with two attached hydrogens (primary N) is 1. The molecule has 26 heavy (non-hydrogen) atoms. The molecule has 0 saturated heterocycles. The molecule has 3 rings (SSSR count). The van der Waals surface area contributed by atoms with Crippen molar-refractivity contribution in [1.82, 2.24) is 4.90 Å². The SMILES string of the molecule is CC[C@@H]1C(=O)N(C)C(N)=N[C@]1(C)c1cccc(-c2cccc(C#N)c2)c1. The van der Waals surface area contributed by atoms with Gasteiger partial charge in [-0.15, -0.1) is 0 Å². The molecule has 132 valence electrons. The van der Waals surface area contributed by atoms with E-state index in [1.165, 1.54) is 4.90 Å². The Labute approximate surface area is 153 Å². The number of amides is 1. The van der Waals surface area contributed by atoms with Crippen molar-refractivity contribution in [3.63, 3.8) is 0 Å². The normalized spacial score (nSPS) is 22.7. The molecule has 1 aliphatic heterocycles. The Bertz CT molecular complexity index is 928. The maximum absolute atomic E-state index is 12.7. The monoisotopic (exact) mass is 346 g/mol. The fourth-order valence-corrected chi connectivity index (χ4v) is 3.60. The third-order valence-electron chi connectivity index (χ3n) is 5.18. The van der Waals surface area contributed by atoms with Gasteiger partial charge in [-0.25, -0.2) is 4.99 Å². The van der Waals surface area contributed by atoms with Gasteiger partial charge in [0.2, 0.25) is 5.91 Å². The molecular weight excluding hydrogens is 324 g/mol. The van der Waals surface area contributed by atoms with Crippen LogP contribution >= 0.6 is 0 Å². The number of hydrogen-bond donors (Lipinski definition) is 1. The predicted octanol–water partition coefficient (Wildman–Crippen LogP) is 3.25. The van der Waals surface area contributed by atoms with E-state index in [0.29, 0.717) is 12.0 Å². The second-order valence-electron chi connectivity index (χ2n) is 6.75. The lowest BCUT2D eigenvalue weighted by molar-refractivity contribution is -0.134. The van der Waals surface area contributed by atoms with Crippen LogP contribution in [-0.4, -0.2) is 23.8 Å². The zero-order valence-electron chi connectivity index (χ0n) is 15.2. The Kier molecular flexibility index (Phi) is 4.52. The third kappa shape index (κ3) is 2.84. The van der Waals surface area contributed by atoms with Gasteiger partial charge in [-0.05, 0) is 48.2 Å². The number of nitrogens with zero attached hydrogens (tertiary/aromatic N) is 3. The fourth-order valence-electron chi connectivity index (χ4n) is 3.60. The van der Waals surface area contributed by atoms with E-state index >= 15 is 0 Å². The Morgan fingerprint density at radius 2 is 1.88 bits per heavy atom. The van der Waals surface area contributed by atoms with Crippen molar-refractivity contribution in [1.29, 1.82) is 5.26 Å². The van der Waals surface area contributed by atoms with Gasteiger partial charge < -0.3 is 5.73 Å². The summed E-state index contributed by atoms with van der Waals surface area (Å²) in [6, 6.07) is 17.6. The zero-order valence-corrected chi connectivity index (χ0v) is 15.2. The van der Waals surface area contributed by atoms with E-state index in [9.17, 15) is 4.79 Å². The zero-order chi connectivity index (χ0) is 18.9. The van der Waals surface area contributed by atoms with Crippen LogP contribution < -0.4 is 5.73 Å². The van der Waals surface area contributed by atoms with Crippen LogP contribution in [0.25, 0.3) is 11.1 Å². The van der Waals surface area contributed by atoms with Gasteiger partial charge in [-0.2, -0.15) is 5.26 Å². The first-order valence-corrected chi connectivity index (χ1v) is 8.64. The fraction of sp³-hybridized carbons (Fsp3) is 0.286. The molecule has 0 aromatic heterocycles. The number of benzene rings is 2. The molecule has 1 aliphatic rings. The molecule has 2 atom stereocenters. The molecule has 0 spiro atoms. The van der Waals surface area contributed by atoms with Crippen molar-refractivity contribution in [2.75, 3.05) is 7.05 Å².